The number of anilines is 2. The number of fused-ring (bicyclic) bond motifs is 3. The molecule has 0 amide bonds. The summed E-state index contributed by atoms with van der Waals surface area (Å²) in [6.45, 7) is 3.43. The van der Waals surface area contributed by atoms with E-state index in [-0.39, 0.29) is 0 Å². The number of aliphatic hydroxyl groups is 1. The number of rotatable bonds is 4. The Hall–Kier alpha value is -2.04. The molecule has 2 aliphatic rings. The standard InChI is InChI=1S/C20H22N6OS2/c27-19(26-8-6-21-7-9-26)18-24-17-15(29-18)5-4-12-11-22-20(25-16(12)17)23-13-2-1-3-14(28)10-13/h1-3,10-11,19,21,27-28H,4-9H2,(H,22,23,25)/p+1. The van der Waals surface area contributed by atoms with Crippen LogP contribution in [0.15, 0.2) is 35.4 Å². The normalized spacial score (nSPS) is 17.4. The summed E-state index contributed by atoms with van der Waals surface area (Å²) in [6, 6.07) is 7.90. The maximum atomic E-state index is 10.8. The van der Waals surface area contributed by atoms with Gasteiger partial charge in [0, 0.05) is 49.0 Å². The second-order valence-corrected chi connectivity index (χ2v) is 8.95. The molecule has 7 nitrogen and oxygen atoms in total. The lowest BCUT2D eigenvalue weighted by molar-refractivity contribution is -0.00553. The zero-order valence-corrected chi connectivity index (χ0v) is 17.7. The molecule has 3 N–H and O–H groups in total. The molecule has 1 aliphatic carbocycles. The Balaban J connectivity index is 1.44. The zero-order valence-electron chi connectivity index (χ0n) is 15.9. The molecule has 0 spiro atoms. The highest BCUT2D eigenvalue weighted by Gasteiger charge is 2.28. The van der Waals surface area contributed by atoms with E-state index in [4.69, 9.17) is 9.97 Å². The first-order valence-corrected chi connectivity index (χ1v) is 11.1. The highest BCUT2D eigenvalue weighted by molar-refractivity contribution is 7.58. The van der Waals surface area contributed by atoms with Crippen LogP contribution < -0.4 is 10.6 Å². The summed E-state index contributed by atoms with van der Waals surface area (Å²) in [5, 5.41) is 18.1. The number of hydrogen-bond acceptors (Lipinski definition) is 8. The van der Waals surface area contributed by atoms with Gasteiger partial charge in [0.1, 0.15) is 10.7 Å². The van der Waals surface area contributed by atoms with Crippen molar-refractivity contribution >= 4 is 35.6 Å². The van der Waals surface area contributed by atoms with Crippen LogP contribution in [0.5, 0.6) is 0 Å². The third-order valence-electron chi connectivity index (χ3n) is 5.26. The lowest BCUT2D eigenvalue weighted by Gasteiger charge is -2.30. The van der Waals surface area contributed by atoms with E-state index in [2.05, 4.69) is 33.1 Å². The van der Waals surface area contributed by atoms with E-state index in [1.807, 2.05) is 30.5 Å². The van der Waals surface area contributed by atoms with E-state index in [0.29, 0.717) is 5.95 Å². The molecule has 3 aromatic rings. The van der Waals surface area contributed by atoms with Crippen LogP contribution in [0.2, 0.25) is 0 Å². The van der Waals surface area contributed by atoms with Gasteiger partial charge in [-0.25, -0.2) is 15.0 Å². The highest BCUT2D eigenvalue weighted by Crippen LogP contribution is 2.37. The topological polar surface area (TPSA) is 86.2 Å². The Bertz CT molecular complexity index is 1030. The van der Waals surface area contributed by atoms with E-state index in [1.165, 1.54) is 4.88 Å². The SMILES string of the molecule is OC(c1nc2c(s1)CCc1cnc(Nc3cccc([SH2+])c3)nc1-2)N1CCNCC1. The van der Waals surface area contributed by atoms with Crippen molar-refractivity contribution in [3.05, 3.63) is 45.9 Å². The van der Waals surface area contributed by atoms with E-state index in [0.717, 1.165) is 71.6 Å². The predicted octanol–water partition coefficient (Wildman–Crippen LogP) is 1.71. The number of nitrogens with zero attached hydrogens (tertiary/aromatic N) is 4. The summed E-state index contributed by atoms with van der Waals surface area (Å²) in [5.41, 5.74) is 3.78. The molecular formula is C20H23N6OS2+. The summed E-state index contributed by atoms with van der Waals surface area (Å²) in [4.78, 5) is 18.3. The summed E-state index contributed by atoms with van der Waals surface area (Å²) < 4.78 is 0. The molecule has 1 saturated heterocycles. The van der Waals surface area contributed by atoms with Crippen LogP contribution in [-0.2, 0) is 25.5 Å². The largest absolute Gasteiger partial charge is 0.372 e. The van der Waals surface area contributed by atoms with Gasteiger partial charge in [0.2, 0.25) is 5.95 Å². The third kappa shape index (κ3) is 3.88. The Morgan fingerprint density at radius 3 is 2.86 bits per heavy atom. The first-order valence-electron chi connectivity index (χ1n) is 9.75. The first-order chi connectivity index (χ1) is 14.2. The molecule has 1 atom stereocenters. The van der Waals surface area contributed by atoms with Crippen LogP contribution in [0.1, 0.15) is 21.7 Å². The summed E-state index contributed by atoms with van der Waals surface area (Å²) in [7, 11) is 0. The second kappa shape index (κ2) is 8.00. The van der Waals surface area contributed by atoms with Crippen molar-refractivity contribution in [3.8, 4) is 11.4 Å². The van der Waals surface area contributed by atoms with Crippen molar-refractivity contribution in [2.24, 2.45) is 0 Å². The minimum absolute atomic E-state index is 0.547. The lowest BCUT2D eigenvalue weighted by atomic mass is 10.00. The van der Waals surface area contributed by atoms with Gasteiger partial charge in [0.25, 0.3) is 0 Å². The highest BCUT2D eigenvalue weighted by atomic mass is 32.1. The molecule has 150 valence electrons. The monoisotopic (exact) mass is 427 g/mol. The maximum absolute atomic E-state index is 10.8. The van der Waals surface area contributed by atoms with Gasteiger partial charge in [-0.15, -0.1) is 11.3 Å². The fourth-order valence-electron chi connectivity index (χ4n) is 3.75. The Morgan fingerprint density at radius 1 is 1.17 bits per heavy atom. The molecule has 3 heterocycles. The van der Waals surface area contributed by atoms with Gasteiger partial charge in [-0.1, -0.05) is 6.07 Å². The molecule has 9 heteroatoms. The summed E-state index contributed by atoms with van der Waals surface area (Å²) >= 11 is 5.14. The molecule has 0 bridgehead atoms. The first kappa shape index (κ1) is 19.0. The molecule has 0 radical (unpaired) electrons. The van der Waals surface area contributed by atoms with Crippen molar-refractivity contribution in [3.63, 3.8) is 0 Å². The van der Waals surface area contributed by atoms with E-state index in [9.17, 15) is 5.11 Å². The third-order valence-corrected chi connectivity index (χ3v) is 6.73. The number of aliphatic hydroxyl groups excluding tert-OH is 1. The number of aryl methyl sites for hydroxylation is 2. The predicted molar refractivity (Wildman–Crippen MR) is 118 cm³/mol. The maximum Gasteiger partial charge on any atom is 0.227 e. The van der Waals surface area contributed by atoms with Crippen LogP contribution in [0, 0.1) is 0 Å². The second-order valence-electron chi connectivity index (χ2n) is 7.26. The molecular weight excluding hydrogens is 404 g/mol. The molecule has 1 unspecified atom stereocenters. The van der Waals surface area contributed by atoms with Gasteiger partial charge in [-0.05, 0) is 43.2 Å². The molecule has 2 aromatic heterocycles. The fourth-order valence-corrected chi connectivity index (χ4v) is 5.09. The average Bonchev–Trinajstić information content (AvgIpc) is 3.19. The quantitative estimate of drug-likeness (QED) is 0.547. The summed E-state index contributed by atoms with van der Waals surface area (Å²) in [5.74, 6) is 0.547. The van der Waals surface area contributed by atoms with E-state index >= 15 is 0 Å². The molecule has 1 aromatic carbocycles. The van der Waals surface area contributed by atoms with Crippen molar-refractivity contribution in [1.29, 1.82) is 0 Å². The minimum Gasteiger partial charge on any atom is -0.372 e. The van der Waals surface area contributed by atoms with Crippen molar-refractivity contribution in [2.75, 3.05) is 31.5 Å². The van der Waals surface area contributed by atoms with Crippen LogP contribution in [0.25, 0.3) is 11.4 Å². The molecule has 0 saturated carbocycles. The number of hydrogen-bond donors (Lipinski definition) is 3. The zero-order chi connectivity index (χ0) is 19.8. The lowest BCUT2D eigenvalue weighted by Crippen LogP contribution is -2.45. The van der Waals surface area contributed by atoms with Crippen LogP contribution >= 0.6 is 11.3 Å². The van der Waals surface area contributed by atoms with Gasteiger partial charge in [0.15, 0.2) is 11.1 Å². The average molecular weight is 428 g/mol. The molecule has 29 heavy (non-hydrogen) atoms. The number of piperazine rings is 1. The number of nitrogens with one attached hydrogen (secondary N) is 2. The number of aromatic nitrogens is 3. The van der Waals surface area contributed by atoms with Gasteiger partial charge in [-0.3, -0.25) is 4.90 Å². The van der Waals surface area contributed by atoms with Gasteiger partial charge >= 0.3 is 0 Å². The molecule has 1 fully saturated rings. The Labute approximate surface area is 178 Å². The molecule has 1 aliphatic heterocycles. The van der Waals surface area contributed by atoms with E-state index < -0.39 is 6.23 Å². The van der Waals surface area contributed by atoms with Crippen molar-refractivity contribution < 1.29 is 5.11 Å². The molecule has 5 rings (SSSR count). The fraction of sp³-hybridized carbons (Fsp3) is 0.350. The minimum atomic E-state index is -0.656. The Morgan fingerprint density at radius 2 is 2.03 bits per heavy atom. The van der Waals surface area contributed by atoms with Crippen molar-refractivity contribution in [2.45, 2.75) is 24.0 Å². The van der Waals surface area contributed by atoms with Crippen LogP contribution in [0.4, 0.5) is 11.6 Å². The Kier molecular flexibility index (Phi) is 5.23. The smallest absolute Gasteiger partial charge is 0.227 e. The van der Waals surface area contributed by atoms with Crippen LogP contribution in [0.3, 0.4) is 0 Å². The number of benzene rings is 1. The summed E-state index contributed by atoms with van der Waals surface area (Å²) in [6.07, 6.45) is 3.04. The van der Waals surface area contributed by atoms with Gasteiger partial charge in [-0.2, -0.15) is 0 Å². The number of thiazole rings is 1. The van der Waals surface area contributed by atoms with Crippen LogP contribution in [-0.4, -0.2) is 51.1 Å². The van der Waals surface area contributed by atoms with Crippen molar-refractivity contribution in [1.82, 2.24) is 25.2 Å². The van der Waals surface area contributed by atoms with E-state index in [1.54, 1.807) is 11.3 Å². The van der Waals surface area contributed by atoms with Gasteiger partial charge < -0.3 is 15.7 Å². The van der Waals surface area contributed by atoms with Gasteiger partial charge in [0.05, 0.1) is 5.69 Å².